The average molecular weight is 171 g/mol. The van der Waals surface area contributed by atoms with Crippen molar-refractivity contribution < 1.29 is 23.1 Å². The second-order valence-corrected chi connectivity index (χ2v) is 1.87. The Morgan fingerprint density at radius 2 is 2.00 bits per heavy atom. The second kappa shape index (κ2) is 4.17. The summed E-state index contributed by atoms with van der Waals surface area (Å²) in [7, 11) is 0. The molecule has 6 heteroatoms. The lowest BCUT2D eigenvalue weighted by molar-refractivity contribution is -0.136. The number of halogens is 3. The summed E-state index contributed by atoms with van der Waals surface area (Å²) >= 11 is 0. The van der Waals surface area contributed by atoms with Gasteiger partial charge < -0.3 is 10.4 Å². The molecule has 66 valence electrons. The number of amides is 1. The zero-order valence-corrected chi connectivity index (χ0v) is 5.61. The summed E-state index contributed by atoms with van der Waals surface area (Å²) in [4.78, 5) is 10.2. The van der Waals surface area contributed by atoms with Crippen molar-refractivity contribution in [3.63, 3.8) is 0 Å². The first-order chi connectivity index (χ1) is 4.95. The number of aliphatic hydroxyl groups excluding tert-OH is 1. The van der Waals surface area contributed by atoms with Gasteiger partial charge >= 0.3 is 6.18 Å². The highest BCUT2D eigenvalue weighted by atomic mass is 19.4. The number of nitrogens with one attached hydrogen (secondary N) is 1. The maximum Gasteiger partial charge on any atom is 0.390 e. The maximum absolute atomic E-state index is 11.4. The van der Waals surface area contributed by atoms with Crippen LogP contribution in [-0.2, 0) is 4.79 Å². The third kappa shape index (κ3) is 7.11. The molecule has 1 amide bonds. The number of aliphatic hydroxyl groups is 1. The highest BCUT2D eigenvalue weighted by Gasteiger charge is 2.26. The summed E-state index contributed by atoms with van der Waals surface area (Å²) in [5.74, 6) is -0.797. The van der Waals surface area contributed by atoms with E-state index in [0.29, 0.717) is 0 Å². The lowest BCUT2D eigenvalue weighted by Crippen LogP contribution is -2.29. The van der Waals surface area contributed by atoms with Gasteiger partial charge in [0.1, 0.15) is 6.61 Å². The SMILES string of the molecule is O=C(CO)NCCC(F)(F)F. The molecule has 0 fully saturated rings. The van der Waals surface area contributed by atoms with Gasteiger partial charge in [0.05, 0.1) is 6.42 Å². The molecule has 0 saturated carbocycles. The van der Waals surface area contributed by atoms with Crippen molar-refractivity contribution in [3.05, 3.63) is 0 Å². The zero-order chi connectivity index (χ0) is 8.91. The van der Waals surface area contributed by atoms with Gasteiger partial charge in [0.25, 0.3) is 0 Å². The standard InChI is InChI=1S/C5H8F3NO2/c6-5(7,8)1-2-9-4(11)3-10/h10H,1-3H2,(H,9,11). The predicted octanol–water partition coefficient (Wildman–Crippen LogP) is 0.0473. The Bertz CT molecular complexity index is 134. The molecule has 0 unspecified atom stereocenters. The fourth-order valence-corrected chi connectivity index (χ4v) is 0.400. The predicted molar refractivity (Wildman–Crippen MR) is 30.8 cm³/mol. The van der Waals surface area contributed by atoms with Gasteiger partial charge in [-0.1, -0.05) is 0 Å². The lowest BCUT2D eigenvalue weighted by Gasteiger charge is -2.05. The van der Waals surface area contributed by atoms with Gasteiger partial charge in [0.2, 0.25) is 5.91 Å². The van der Waals surface area contributed by atoms with Crippen molar-refractivity contribution in [1.29, 1.82) is 0 Å². The highest BCUT2D eigenvalue weighted by molar-refractivity contribution is 5.76. The van der Waals surface area contributed by atoms with Crippen LogP contribution in [0.25, 0.3) is 0 Å². The van der Waals surface area contributed by atoms with E-state index < -0.39 is 31.7 Å². The van der Waals surface area contributed by atoms with Crippen molar-refractivity contribution in [2.24, 2.45) is 0 Å². The van der Waals surface area contributed by atoms with E-state index >= 15 is 0 Å². The van der Waals surface area contributed by atoms with Gasteiger partial charge in [-0.05, 0) is 0 Å². The van der Waals surface area contributed by atoms with Gasteiger partial charge in [-0.3, -0.25) is 4.79 Å². The average Bonchev–Trinajstić information content (AvgIpc) is 1.85. The Labute approximate surface area is 61.2 Å². The molecule has 0 aliphatic carbocycles. The molecular formula is C5H8F3NO2. The summed E-state index contributed by atoms with van der Waals surface area (Å²) in [5, 5.41) is 9.95. The molecule has 0 radical (unpaired) electrons. The van der Waals surface area contributed by atoms with E-state index in [-0.39, 0.29) is 0 Å². The van der Waals surface area contributed by atoms with E-state index in [9.17, 15) is 18.0 Å². The smallest absolute Gasteiger partial charge is 0.387 e. The Morgan fingerprint density at radius 1 is 1.45 bits per heavy atom. The van der Waals surface area contributed by atoms with Gasteiger partial charge in [-0.15, -0.1) is 0 Å². The van der Waals surface area contributed by atoms with Crippen molar-refractivity contribution in [2.45, 2.75) is 12.6 Å². The van der Waals surface area contributed by atoms with E-state index in [4.69, 9.17) is 5.11 Å². The van der Waals surface area contributed by atoms with Crippen LogP contribution in [0.4, 0.5) is 13.2 Å². The minimum atomic E-state index is -4.26. The Morgan fingerprint density at radius 3 is 2.36 bits per heavy atom. The van der Waals surface area contributed by atoms with Crippen LogP contribution in [0.15, 0.2) is 0 Å². The summed E-state index contributed by atoms with van der Waals surface area (Å²) < 4.78 is 34.2. The second-order valence-electron chi connectivity index (χ2n) is 1.87. The van der Waals surface area contributed by atoms with Crippen molar-refractivity contribution in [2.75, 3.05) is 13.2 Å². The van der Waals surface area contributed by atoms with Crippen LogP contribution in [0.5, 0.6) is 0 Å². The summed E-state index contributed by atoms with van der Waals surface area (Å²) in [6.45, 7) is -1.26. The number of hydrogen-bond acceptors (Lipinski definition) is 2. The van der Waals surface area contributed by atoms with Crippen molar-refractivity contribution in [3.8, 4) is 0 Å². The van der Waals surface area contributed by atoms with Crippen LogP contribution in [0.1, 0.15) is 6.42 Å². The lowest BCUT2D eigenvalue weighted by atomic mass is 10.4. The van der Waals surface area contributed by atoms with Crippen LogP contribution in [0.2, 0.25) is 0 Å². The number of alkyl halides is 3. The van der Waals surface area contributed by atoms with E-state index in [1.165, 1.54) is 0 Å². The molecule has 0 aliphatic rings. The molecule has 0 heterocycles. The molecule has 0 aromatic rings. The van der Waals surface area contributed by atoms with Crippen LogP contribution >= 0.6 is 0 Å². The molecule has 0 aliphatic heterocycles. The molecule has 2 N–H and O–H groups in total. The fraction of sp³-hybridized carbons (Fsp3) is 0.800. The quantitative estimate of drug-likeness (QED) is 0.630. The van der Waals surface area contributed by atoms with E-state index in [1.54, 1.807) is 0 Å². The third-order valence-electron chi connectivity index (χ3n) is 0.874. The topological polar surface area (TPSA) is 49.3 Å². The van der Waals surface area contributed by atoms with E-state index in [1.807, 2.05) is 5.32 Å². The first-order valence-corrected chi connectivity index (χ1v) is 2.90. The monoisotopic (exact) mass is 171 g/mol. The Kier molecular flexibility index (Phi) is 3.88. The highest BCUT2D eigenvalue weighted by Crippen LogP contribution is 2.17. The zero-order valence-electron chi connectivity index (χ0n) is 5.61. The minimum Gasteiger partial charge on any atom is -0.387 e. The summed E-state index contributed by atoms with van der Waals surface area (Å²) in [5.41, 5.74) is 0. The van der Waals surface area contributed by atoms with E-state index in [2.05, 4.69) is 0 Å². The molecule has 3 nitrogen and oxygen atoms in total. The first-order valence-electron chi connectivity index (χ1n) is 2.90. The van der Waals surface area contributed by atoms with Crippen LogP contribution < -0.4 is 5.32 Å². The fourth-order valence-electron chi connectivity index (χ4n) is 0.400. The van der Waals surface area contributed by atoms with Crippen LogP contribution in [-0.4, -0.2) is 30.3 Å². The molecular weight excluding hydrogens is 163 g/mol. The van der Waals surface area contributed by atoms with Crippen molar-refractivity contribution in [1.82, 2.24) is 5.32 Å². The minimum absolute atomic E-state index is 0.483. The molecule has 0 saturated heterocycles. The Balaban J connectivity index is 3.35. The first kappa shape index (κ1) is 10.2. The van der Waals surface area contributed by atoms with Gasteiger partial charge in [-0.25, -0.2) is 0 Å². The molecule has 0 rings (SSSR count). The molecule has 0 aromatic heterocycles. The maximum atomic E-state index is 11.4. The van der Waals surface area contributed by atoms with E-state index in [0.717, 1.165) is 0 Å². The molecule has 0 spiro atoms. The number of carbonyl (C=O) groups is 1. The molecule has 0 atom stereocenters. The molecule has 11 heavy (non-hydrogen) atoms. The molecule has 0 bridgehead atoms. The largest absolute Gasteiger partial charge is 0.390 e. The summed E-state index contributed by atoms with van der Waals surface area (Å²) in [6.07, 6.45) is -5.33. The molecule has 0 aromatic carbocycles. The van der Waals surface area contributed by atoms with Gasteiger partial charge in [0, 0.05) is 6.54 Å². The number of hydrogen-bond donors (Lipinski definition) is 2. The van der Waals surface area contributed by atoms with Crippen LogP contribution in [0, 0.1) is 0 Å². The van der Waals surface area contributed by atoms with Gasteiger partial charge in [0.15, 0.2) is 0 Å². The third-order valence-corrected chi connectivity index (χ3v) is 0.874. The van der Waals surface area contributed by atoms with Crippen LogP contribution in [0.3, 0.4) is 0 Å². The summed E-state index contributed by atoms with van der Waals surface area (Å²) in [6, 6.07) is 0. The number of carbonyl (C=O) groups excluding carboxylic acids is 1. The van der Waals surface area contributed by atoms with Gasteiger partial charge in [-0.2, -0.15) is 13.2 Å². The Hall–Kier alpha value is -0.780. The van der Waals surface area contributed by atoms with Crippen molar-refractivity contribution >= 4 is 5.91 Å². The number of rotatable bonds is 3. The normalized spacial score (nSPS) is 11.3.